The molecule has 3 nitrogen and oxygen atoms in total. The van der Waals surface area contributed by atoms with Gasteiger partial charge in [0.25, 0.3) is 0 Å². The third-order valence-electron chi connectivity index (χ3n) is 7.37. The maximum absolute atomic E-state index is 6.68. The van der Waals surface area contributed by atoms with Gasteiger partial charge >= 0.3 is 0 Å². The molecule has 0 saturated heterocycles. The summed E-state index contributed by atoms with van der Waals surface area (Å²) < 4.78 is 0. The molecule has 5 rings (SSSR count). The number of rotatable bonds is 7. The van der Waals surface area contributed by atoms with Gasteiger partial charge in [-0.05, 0) is 63.7 Å². The average molecular weight is 486 g/mol. The summed E-state index contributed by atoms with van der Waals surface area (Å²) in [7, 11) is 0. The van der Waals surface area contributed by atoms with Crippen LogP contribution in [0.5, 0.6) is 0 Å². The first-order valence-electron chi connectivity index (χ1n) is 12.9. The van der Waals surface area contributed by atoms with Crippen LogP contribution in [0.25, 0.3) is 27.6 Å². The second-order valence-corrected chi connectivity index (χ2v) is 10.2. The van der Waals surface area contributed by atoms with Crippen LogP contribution >= 0.6 is 0 Å². The summed E-state index contributed by atoms with van der Waals surface area (Å²) in [6.07, 6.45) is 8.33. The highest BCUT2D eigenvalue weighted by Gasteiger charge is 2.37. The molecule has 4 aromatic carbocycles. The van der Waals surface area contributed by atoms with Crippen LogP contribution in [0.1, 0.15) is 55.6 Å². The normalized spacial score (nSPS) is 15.6. The van der Waals surface area contributed by atoms with E-state index in [0.29, 0.717) is 6.42 Å². The minimum atomic E-state index is -0.352. The van der Waals surface area contributed by atoms with E-state index in [1.165, 1.54) is 33.0 Å². The van der Waals surface area contributed by atoms with E-state index in [4.69, 9.17) is 11.5 Å². The minimum Gasteiger partial charge on any atom is -0.402 e. The van der Waals surface area contributed by atoms with Gasteiger partial charge in [0, 0.05) is 28.8 Å². The van der Waals surface area contributed by atoms with Crippen molar-refractivity contribution in [1.29, 1.82) is 0 Å². The van der Waals surface area contributed by atoms with E-state index in [2.05, 4.69) is 92.0 Å². The molecule has 5 N–H and O–H groups in total. The zero-order valence-electron chi connectivity index (χ0n) is 21.8. The lowest BCUT2D eigenvalue weighted by Crippen LogP contribution is -2.27. The molecule has 186 valence electrons. The second kappa shape index (κ2) is 10.1. The van der Waals surface area contributed by atoms with E-state index in [-0.39, 0.29) is 11.6 Å². The molecular formula is C34H35N3. The van der Waals surface area contributed by atoms with Gasteiger partial charge in [-0.3, -0.25) is 0 Å². The van der Waals surface area contributed by atoms with E-state index in [1.807, 2.05) is 43.4 Å². The Hall–Kier alpha value is -4.08. The molecule has 4 aromatic rings. The summed E-state index contributed by atoms with van der Waals surface area (Å²) >= 11 is 0. The minimum absolute atomic E-state index is 0.109. The monoisotopic (exact) mass is 485 g/mol. The lowest BCUT2D eigenvalue weighted by atomic mass is 9.81. The Bertz CT molecular complexity index is 1520. The number of allylic oxidation sites excluding steroid dienone is 4. The van der Waals surface area contributed by atoms with E-state index < -0.39 is 0 Å². The summed E-state index contributed by atoms with van der Waals surface area (Å²) in [6, 6.07) is 30.1. The third-order valence-corrected chi connectivity index (χ3v) is 7.37. The smallest absolute Gasteiger partial charge is 0.101 e. The van der Waals surface area contributed by atoms with Gasteiger partial charge in [-0.1, -0.05) is 105 Å². The number of hydrogen-bond donors (Lipinski definition) is 3. The van der Waals surface area contributed by atoms with Crippen molar-refractivity contribution in [2.75, 3.05) is 0 Å². The second-order valence-electron chi connectivity index (χ2n) is 10.2. The van der Waals surface area contributed by atoms with Crippen molar-refractivity contribution in [3.05, 3.63) is 137 Å². The predicted molar refractivity (Wildman–Crippen MR) is 158 cm³/mol. The Labute approximate surface area is 220 Å². The molecular weight excluding hydrogens is 450 g/mol. The number of nitrogens with one attached hydrogen (secondary N) is 1. The Balaban J connectivity index is 1.66. The maximum Gasteiger partial charge on any atom is 0.101 e. The van der Waals surface area contributed by atoms with Crippen molar-refractivity contribution in [3.63, 3.8) is 0 Å². The molecule has 0 bridgehead atoms. The molecule has 0 saturated carbocycles. The zero-order valence-corrected chi connectivity index (χ0v) is 21.8. The van der Waals surface area contributed by atoms with Crippen LogP contribution in [0.4, 0.5) is 0 Å². The summed E-state index contributed by atoms with van der Waals surface area (Å²) in [5, 5.41) is 6.14. The quantitative estimate of drug-likeness (QED) is 0.187. The summed E-state index contributed by atoms with van der Waals surface area (Å²) in [5.74, 6) is 0. The predicted octanol–water partition coefficient (Wildman–Crippen LogP) is 7.54. The maximum atomic E-state index is 6.68. The van der Waals surface area contributed by atoms with Crippen LogP contribution in [0.15, 0.2) is 115 Å². The van der Waals surface area contributed by atoms with Crippen molar-refractivity contribution in [3.8, 4) is 11.1 Å². The zero-order chi connectivity index (χ0) is 26.0. The Morgan fingerprint density at radius 1 is 0.892 bits per heavy atom. The van der Waals surface area contributed by atoms with E-state index >= 15 is 0 Å². The molecule has 1 aliphatic carbocycles. The van der Waals surface area contributed by atoms with Crippen molar-refractivity contribution in [2.45, 2.75) is 38.8 Å². The largest absolute Gasteiger partial charge is 0.402 e. The molecule has 0 aromatic heterocycles. The number of nitrogens with two attached hydrogens (primary N) is 2. The molecule has 3 heteroatoms. The van der Waals surface area contributed by atoms with E-state index in [1.54, 1.807) is 0 Å². The van der Waals surface area contributed by atoms with Gasteiger partial charge in [0.05, 0.1) is 0 Å². The van der Waals surface area contributed by atoms with Gasteiger partial charge in [0.1, 0.15) is 6.17 Å². The number of hydrogen-bond acceptors (Lipinski definition) is 3. The first-order chi connectivity index (χ1) is 17.9. The molecule has 0 spiro atoms. The first-order valence-corrected chi connectivity index (χ1v) is 12.9. The molecule has 37 heavy (non-hydrogen) atoms. The highest BCUT2D eigenvalue weighted by molar-refractivity contribution is 5.97. The van der Waals surface area contributed by atoms with E-state index in [9.17, 15) is 0 Å². The number of benzene rings is 4. The van der Waals surface area contributed by atoms with Crippen LogP contribution in [-0.4, -0.2) is 0 Å². The summed E-state index contributed by atoms with van der Waals surface area (Å²) in [4.78, 5) is 0. The standard InChI is InChI=1S/C34H35N3/c1-4-5-16-26(35)19-20-31(37-33(36)23-12-7-6-8-13-23)27-17-11-18-29-32(27)28-21-24-14-9-10-15-25(24)22-30(28)34(29,2)3/h4-18,20-22,33,37H,19,35-36H2,1-3H3/b5-4-,26-16-,31-20-. The van der Waals surface area contributed by atoms with Crippen LogP contribution in [-0.2, 0) is 5.41 Å². The van der Waals surface area contributed by atoms with Gasteiger partial charge in [0.2, 0.25) is 0 Å². The fourth-order valence-electron chi connectivity index (χ4n) is 5.36. The van der Waals surface area contributed by atoms with Crippen LogP contribution in [0.3, 0.4) is 0 Å². The van der Waals surface area contributed by atoms with Gasteiger partial charge in [0.15, 0.2) is 0 Å². The molecule has 1 atom stereocenters. The Morgan fingerprint density at radius 3 is 2.32 bits per heavy atom. The van der Waals surface area contributed by atoms with Crippen molar-refractivity contribution in [1.82, 2.24) is 5.32 Å². The molecule has 0 fully saturated rings. The molecule has 0 amide bonds. The summed E-state index contributed by atoms with van der Waals surface area (Å²) in [5.41, 5.74) is 22.1. The van der Waals surface area contributed by atoms with Gasteiger partial charge in [-0.15, -0.1) is 0 Å². The van der Waals surface area contributed by atoms with Crippen LogP contribution in [0, 0.1) is 0 Å². The van der Waals surface area contributed by atoms with Crippen molar-refractivity contribution in [2.24, 2.45) is 11.5 Å². The van der Waals surface area contributed by atoms with Crippen LogP contribution in [0.2, 0.25) is 0 Å². The topological polar surface area (TPSA) is 64.1 Å². The van der Waals surface area contributed by atoms with E-state index in [0.717, 1.165) is 22.5 Å². The molecule has 0 heterocycles. The molecule has 1 aliphatic rings. The lowest BCUT2D eigenvalue weighted by molar-refractivity contribution is 0.659. The van der Waals surface area contributed by atoms with Gasteiger partial charge in [-0.25, -0.2) is 0 Å². The lowest BCUT2D eigenvalue weighted by Gasteiger charge is -2.23. The Kier molecular flexibility index (Phi) is 6.73. The van der Waals surface area contributed by atoms with Gasteiger partial charge < -0.3 is 16.8 Å². The van der Waals surface area contributed by atoms with Crippen molar-refractivity contribution < 1.29 is 0 Å². The highest BCUT2D eigenvalue weighted by Crippen LogP contribution is 2.52. The summed E-state index contributed by atoms with van der Waals surface area (Å²) in [6.45, 7) is 6.63. The third kappa shape index (κ3) is 4.71. The first kappa shape index (κ1) is 24.6. The fraction of sp³-hybridized carbons (Fsp3) is 0.176. The molecule has 1 unspecified atom stereocenters. The fourth-order valence-corrected chi connectivity index (χ4v) is 5.36. The van der Waals surface area contributed by atoms with Gasteiger partial charge in [-0.2, -0.15) is 0 Å². The molecule has 0 aliphatic heterocycles. The highest BCUT2D eigenvalue weighted by atomic mass is 15.0. The average Bonchev–Trinajstić information content (AvgIpc) is 3.15. The van der Waals surface area contributed by atoms with Crippen LogP contribution < -0.4 is 16.8 Å². The molecule has 0 radical (unpaired) electrons. The number of fused-ring (bicyclic) bond motifs is 4. The Morgan fingerprint density at radius 2 is 1.59 bits per heavy atom. The van der Waals surface area contributed by atoms with Crippen molar-refractivity contribution >= 4 is 16.5 Å². The SMILES string of the molecule is C/C=C\C=C(/N)C/C=C(\NC(N)c1ccccc1)c1cccc2c1-c1cc3ccccc3cc1C2(C)C.